The molecule has 27 heavy (non-hydrogen) atoms. The number of amides is 2. The summed E-state index contributed by atoms with van der Waals surface area (Å²) >= 11 is 0. The molecular formula is C21H28N4O2. The zero-order valence-electron chi connectivity index (χ0n) is 16.2. The van der Waals surface area contributed by atoms with Crippen LogP contribution in [0.5, 0.6) is 0 Å². The van der Waals surface area contributed by atoms with Gasteiger partial charge in [-0.25, -0.2) is 4.79 Å². The number of nitrogens with zero attached hydrogens (tertiary/aromatic N) is 2. The lowest BCUT2D eigenvalue weighted by Gasteiger charge is -2.40. The summed E-state index contributed by atoms with van der Waals surface area (Å²) < 4.78 is 0. The number of rotatable bonds is 4. The van der Waals surface area contributed by atoms with Gasteiger partial charge in [0.15, 0.2) is 0 Å². The first-order valence-corrected chi connectivity index (χ1v) is 9.78. The molecule has 0 fully saturated rings. The number of nitrogens with one attached hydrogen (secondary N) is 2. The minimum absolute atomic E-state index is 0.00683. The highest BCUT2D eigenvalue weighted by Crippen LogP contribution is 2.41. The van der Waals surface area contributed by atoms with Crippen LogP contribution < -0.4 is 5.32 Å². The zero-order valence-corrected chi connectivity index (χ0v) is 16.2. The van der Waals surface area contributed by atoms with E-state index in [1.165, 1.54) is 22.1 Å². The number of hydrogen-bond donors (Lipinski definition) is 3. The molecule has 1 aromatic carbocycles. The average molecular weight is 368 g/mol. The number of benzene rings is 1. The Kier molecular flexibility index (Phi) is 4.70. The summed E-state index contributed by atoms with van der Waals surface area (Å²) in [5.41, 5.74) is 5.70. The average Bonchev–Trinajstić information content (AvgIpc) is 3.03. The molecular weight excluding hydrogens is 340 g/mol. The van der Waals surface area contributed by atoms with Gasteiger partial charge in [-0.1, -0.05) is 18.2 Å². The molecule has 6 heteroatoms. The maximum Gasteiger partial charge on any atom is 0.317 e. The first kappa shape index (κ1) is 18.1. The van der Waals surface area contributed by atoms with E-state index in [9.17, 15) is 9.90 Å². The van der Waals surface area contributed by atoms with Crippen molar-refractivity contribution in [2.75, 3.05) is 26.7 Å². The zero-order chi connectivity index (χ0) is 19.1. The van der Waals surface area contributed by atoms with E-state index >= 15 is 0 Å². The van der Waals surface area contributed by atoms with E-state index in [1.807, 2.05) is 18.7 Å². The third kappa shape index (κ3) is 2.93. The lowest BCUT2D eigenvalue weighted by atomic mass is 9.80. The van der Waals surface area contributed by atoms with E-state index in [1.54, 1.807) is 0 Å². The molecule has 2 aromatic rings. The van der Waals surface area contributed by atoms with Gasteiger partial charge in [0, 0.05) is 42.3 Å². The number of urea groups is 1. The first-order chi connectivity index (χ1) is 13.1. The number of aromatic nitrogens is 1. The largest absolute Gasteiger partial charge is 0.390 e. The number of aliphatic hydroxyl groups excluding tert-OH is 1. The predicted molar refractivity (Wildman–Crippen MR) is 108 cm³/mol. The molecule has 3 N–H and O–H groups in total. The van der Waals surface area contributed by atoms with E-state index in [-0.39, 0.29) is 24.7 Å². The fraction of sp³-hybridized carbons (Fsp3) is 0.476. The molecule has 0 spiro atoms. The molecule has 2 aliphatic rings. The van der Waals surface area contributed by atoms with E-state index in [4.69, 9.17) is 0 Å². The summed E-state index contributed by atoms with van der Waals surface area (Å²) in [6.45, 7) is 6.23. The van der Waals surface area contributed by atoms with Gasteiger partial charge in [0.2, 0.25) is 0 Å². The Labute approximate surface area is 159 Å². The van der Waals surface area contributed by atoms with Crippen molar-refractivity contribution in [3.05, 3.63) is 41.1 Å². The molecule has 0 bridgehead atoms. The molecule has 2 heterocycles. The highest BCUT2D eigenvalue weighted by atomic mass is 16.3. The third-order valence-electron chi connectivity index (χ3n) is 6.00. The van der Waals surface area contributed by atoms with Crippen LogP contribution in [0.3, 0.4) is 0 Å². The molecule has 2 amide bonds. The number of aliphatic hydroxyl groups is 1. The van der Waals surface area contributed by atoms with E-state index in [0.717, 1.165) is 24.2 Å². The molecule has 2 atom stereocenters. The Balaban J connectivity index is 1.73. The minimum atomic E-state index is -0.0117. The van der Waals surface area contributed by atoms with Crippen LogP contribution in [0.25, 0.3) is 16.5 Å². The summed E-state index contributed by atoms with van der Waals surface area (Å²) in [4.78, 5) is 20.0. The maximum atomic E-state index is 12.5. The SMILES string of the molecule is CCN(CC)C(=O)N[C@H]1C=C2c3cccc4[nH]c(CO)c(c34)C[C@H]2N(C)C1. The Morgan fingerprint density at radius 3 is 2.85 bits per heavy atom. The van der Waals surface area contributed by atoms with E-state index in [2.05, 4.69) is 46.5 Å². The van der Waals surface area contributed by atoms with Crippen molar-refractivity contribution >= 4 is 22.5 Å². The van der Waals surface area contributed by atoms with Gasteiger partial charge in [0.1, 0.15) is 0 Å². The van der Waals surface area contributed by atoms with Crippen LogP contribution in [0.2, 0.25) is 0 Å². The van der Waals surface area contributed by atoms with Gasteiger partial charge < -0.3 is 20.3 Å². The molecule has 6 nitrogen and oxygen atoms in total. The normalized spacial score (nSPS) is 21.7. The summed E-state index contributed by atoms with van der Waals surface area (Å²) in [6, 6.07) is 6.52. The Morgan fingerprint density at radius 1 is 1.37 bits per heavy atom. The number of carbonyl (C=O) groups is 1. The van der Waals surface area contributed by atoms with Crippen molar-refractivity contribution in [1.29, 1.82) is 0 Å². The smallest absolute Gasteiger partial charge is 0.317 e. The van der Waals surface area contributed by atoms with Gasteiger partial charge in [0.25, 0.3) is 0 Å². The lowest BCUT2D eigenvalue weighted by Crippen LogP contribution is -2.52. The van der Waals surface area contributed by atoms with Crippen molar-refractivity contribution in [2.24, 2.45) is 0 Å². The number of aromatic amines is 1. The minimum Gasteiger partial charge on any atom is -0.390 e. The van der Waals surface area contributed by atoms with Crippen LogP contribution in [0.15, 0.2) is 24.3 Å². The molecule has 0 saturated carbocycles. The Hall–Kier alpha value is -2.31. The number of H-pyrrole nitrogens is 1. The molecule has 0 unspecified atom stereocenters. The van der Waals surface area contributed by atoms with E-state index < -0.39 is 0 Å². The van der Waals surface area contributed by atoms with Gasteiger partial charge in [-0.15, -0.1) is 0 Å². The monoisotopic (exact) mass is 368 g/mol. The van der Waals surface area contributed by atoms with Gasteiger partial charge in [0.05, 0.1) is 12.6 Å². The second-order valence-electron chi connectivity index (χ2n) is 7.48. The van der Waals surface area contributed by atoms with Crippen LogP contribution in [-0.4, -0.2) is 64.7 Å². The Bertz CT molecular complexity index is 897. The van der Waals surface area contributed by atoms with Gasteiger partial charge in [-0.3, -0.25) is 4.90 Å². The lowest BCUT2D eigenvalue weighted by molar-refractivity contribution is 0.193. The van der Waals surface area contributed by atoms with Gasteiger partial charge in [-0.05, 0) is 50.1 Å². The highest BCUT2D eigenvalue weighted by molar-refractivity contribution is 5.99. The highest BCUT2D eigenvalue weighted by Gasteiger charge is 2.35. The molecule has 4 rings (SSSR count). The Morgan fingerprint density at radius 2 is 2.15 bits per heavy atom. The summed E-state index contributed by atoms with van der Waals surface area (Å²) in [6.07, 6.45) is 3.11. The van der Waals surface area contributed by atoms with Crippen LogP contribution in [0.4, 0.5) is 4.79 Å². The predicted octanol–water partition coefficient (Wildman–Crippen LogP) is 2.33. The number of carbonyl (C=O) groups excluding carboxylic acids is 1. The quantitative estimate of drug-likeness (QED) is 0.776. The van der Waals surface area contributed by atoms with Crippen molar-refractivity contribution in [3.8, 4) is 0 Å². The topological polar surface area (TPSA) is 71.6 Å². The summed E-state index contributed by atoms with van der Waals surface area (Å²) in [5, 5.41) is 14.1. The number of fused-ring (bicyclic) bond motifs is 2. The molecule has 1 aromatic heterocycles. The number of likely N-dealkylation sites (N-methyl/N-ethyl adjacent to an activating group) is 1. The van der Waals surface area contributed by atoms with Crippen molar-refractivity contribution in [3.63, 3.8) is 0 Å². The third-order valence-corrected chi connectivity index (χ3v) is 6.00. The standard InChI is InChI=1S/C21H28N4O2/c1-4-25(5-2)21(27)22-13-9-15-14-7-6-8-17-20(14)16(18(12-26)23-17)10-19(15)24(3)11-13/h6-9,13,19,23,26H,4-5,10-12H2,1-3H3,(H,22,27)/t13-,19+/m0/s1. The molecule has 0 radical (unpaired) electrons. The fourth-order valence-corrected chi connectivity index (χ4v) is 4.60. The first-order valence-electron chi connectivity index (χ1n) is 9.78. The molecule has 1 aliphatic carbocycles. The molecule has 1 aliphatic heterocycles. The van der Waals surface area contributed by atoms with Crippen LogP contribution in [0, 0.1) is 0 Å². The van der Waals surface area contributed by atoms with Gasteiger partial charge in [-0.2, -0.15) is 0 Å². The fourth-order valence-electron chi connectivity index (χ4n) is 4.60. The van der Waals surface area contributed by atoms with Gasteiger partial charge >= 0.3 is 6.03 Å². The van der Waals surface area contributed by atoms with Crippen LogP contribution >= 0.6 is 0 Å². The maximum absolute atomic E-state index is 12.5. The second kappa shape index (κ2) is 7.02. The summed E-state index contributed by atoms with van der Waals surface area (Å²) in [7, 11) is 2.12. The van der Waals surface area contributed by atoms with Crippen molar-refractivity contribution in [1.82, 2.24) is 20.1 Å². The van der Waals surface area contributed by atoms with E-state index in [0.29, 0.717) is 13.1 Å². The van der Waals surface area contributed by atoms with Crippen molar-refractivity contribution in [2.45, 2.75) is 39.0 Å². The van der Waals surface area contributed by atoms with Crippen LogP contribution in [0.1, 0.15) is 30.7 Å². The molecule has 144 valence electrons. The molecule has 0 saturated heterocycles. The van der Waals surface area contributed by atoms with Crippen molar-refractivity contribution < 1.29 is 9.90 Å². The number of hydrogen-bond acceptors (Lipinski definition) is 3. The second-order valence-corrected chi connectivity index (χ2v) is 7.48. The summed E-state index contributed by atoms with van der Waals surface area (Å²) in [5.74, 6) is 0. The van der Waals surface area contributed by atoms with Crippen LogP contribution in [-0.2, 0) is 13.0 Å².